The number of hydrogen-bond acceptors (Lipinski definition) is 4. The number of benzene rings is 2. The van der Waals surface area contributed by atoms with E-state index in [0.717, 1.165) is 17.7 Å². The lowest BCUT2D eigenvalue weighted by Gasteiger charge is -2.23. The van der Waals surface area contributed by atoms with Gasteiger partial charge in [0.1, 0.15) is 5.75 Å². The molecule has 0 saturated carbocycles. The molecule has 29 heavy (non-hydrogen) atoms. The number of aliphatic hydroxyl groups is 1. The van der Waals surface area contributed by atoms with Crippen molar-refractivity contribution in [1.29, 1.82) is 0 Å². The van der Waals surface area contributed by atoms with Crippen LogP contribution in [0.4, 0.5) is 18.9 Å². The Morgan fingerprint density at radius 3 is 2.21 bits per heavy atom. The average Bonchev–Trinajstić information content (AvgIpc) is 2.66. The van der Waals surface area contributed by atoms with Gasteiger partial charge in [0.15, 0.2) is 0 Å². The molecule has 0 fully saturated rings. The van der Waals surface area contributed by atoms with Crippen molar-refractivity contribution in [3.8, 4) is 5.75 Å². The number of anilines is 1. The highest BCUT2D eigenvalue weighted by atomic mass is 19.4. The summed E-state index contributed by atoms with van der Waals surface area (Å²) in [4.78, 5) is 23.8. The Morgan fingerprint density at radius 2 is 1.62 bits per heavy atom. The lowest BCUT2D eigenvalue weighted by Crippen LogP contribution is -2.44. The maximum absolute atomic E-state index is 12.1. The molecule has 0 aliphatic carbocycles. The minimum atomic E-state index is -4.82. The van der Waals surface area contributed by atoms with Gasteiger partial charge in [0.25, 0.3) is 0 Å². The summed E-state index contributed by atoms with van der Waals surface area (Å²) in [5.41, 5.74) is -0.0622. The molecule has 3 N–H and O–H groups in total. The minimum absolute atomic E-state index is 0.121. The monoisotopic (exact) mass is 410 g/mol. The molecule has 0 aliphatic heterocycles. The number of ether oxygens (including phenoxy) is 1. The van der Waals surface area contributed by atoms with Crippen LogP contribution in [0.25, 0.3) is 0 Å². The Bertz CT molecular complexity index is 822. The molecule has 2 rings (SSSR count). The number of halogens is 3. The molecule has 156 valence electrons. The predicted octanol–water partition coefficient (Wildman–Crippen LogP) is 3.02. The third-order valence-electron chi connectivity index (χ3n) is 3.98. The maximum Gasteiger partial charge on any atom is 0.573 e. The molecule has 0 heterocycles. The third kappa shape index (κ3) is 8.22. The van der Waals surface area contributed by atoms with Gasteiger partial charge in [-0.05, 0) is 49.6 Å². The van der Waals surface area contributed by atoms with Crippen LogP contribution in [-0.2, 0) is 16.0 Å². The Kier molecular flexibility index (Phi) is 7.22. The summed E-state index contributed by atoms with van der Waals surface area (Å²) >= 11 is 0. The number of alkyl halides is 3. The average molecular weight is 410 g/mol. The van der Waals surface area contributed by atoms with Crippen molar-refractivity contribution >= 4 is 17.5 Å². The maximum atomic E-state index is 12.1. The number of carbonyl (C=O) groups excluding carboxylic acids is 2. The molecule has 2 aromatic carbocycles. The van der Waals surface area contributed by atoms with Gasteiger partial charge in [0.2, 0.25) is 0 Å². The Morgan fingerprint density at radius 1 is 1.00 bits per heavy atom. The molecule has 2 aromatic rings. The van der Waals surface area contributed by atoms with Gasteiger partial charge in [-0.1, -0.05) is 30.3 Å². The summed E-state index contributed by atoms with van der Waals surface area (Å²) in [6.07, 6.45) is -3.84. The second-order valence-electron chi connectivity index (χ2n) is 6.69. The fourth-order valence-corrected chi connectivity index (χ4v) is 2.43. The predicted molar refractivity (Wildman–Crippen MR) is 100 cm³/mol. The molecule has 9 heteroatoms. The van der Waals surface area contributed by atoms with E-state index < -0.39 is 29.5 Å². The molecule has 1 atom stereocenters. The van der Waals surface area contributed by atoms with Crippen molar-refractivity contribution in [2.75, 3.05) is 11.9 Å². The lowest BCUT2D eigenvalue weighted by molar-refractivity contribution is -0.274. The van der Waals surface area contributed by atoms with Crippen LogP contribution in [0.3, 0.4) is 0 Å². The number of hydrogen-bond donors (Lipinski definition) is 3. The highest BCUT2D eigenvalue weighted by Gasteiger charge is 2.31. The van der Waals surface area contributed by atoms with Crippen LogP contribution in [0.2, 0.25) is 0 Å². The van der Waals surface area contributed by atoms with E-state index in [2.05, 4.69) is 15.4 Å². The summed E-state index contributed by atoms with van der Waals surface area (Å²) in [7, 11) is 0. The summed E-state index contributed by atoms with van der Waals surface area (Å²) in [6.45, 7) is 1.41. The standard InChI is InChI=1S/C20H21F3N2O4/c1-19(28,12-11-14-5-3-2-4-6-14)13-24-17(26)18(27)25-15-7-9-16(10-8-15)29-20(21,22)23/h2-10,28H,11-13H2,1H3,(H,24,26)(H,25,27)/t19-/m1/s1. The first-order valence-electron chi connectivity index (χ1n) is 8.75. The SMILES string of the molecule is C[C@@](O)(CCc1ccccc1)CNC(=O)C(=O)Nc1ccc(OC(F)(F)F)cc1. The van der Waals surface area contributed by atoms with Crippen LogP contribution in [0, 0.1) is 0 Å². The fourth-order valence-electron chi connectivity index (χ4n) is 2.43. The summed E-state index contributed by atoms with van der Waals surface area (Å²) in [5.74, 6) is -2.43. The first kappa shape index (κ1) is 22.2. The zero-order chi connectivity index (χ0) is 21.5. The van der Waals surface area contributed by atoms with Gasteiger partial charge < -0.3 is 20.5 Å². The van der Waals surface area contributed by atoms with Gasteiger partial charge >= 0.3 is 18.2 Å². The van der Waals surface area contributed by atoms with E-state index in [4.69, 9.17) is 0 Å². The zero-order valence-electron chi connectivity index (χ0n) is 15.6. The molecule has 0 unspecified atom stereocenters. The molecule has 0 radical (unpaired) electrons. The van der Waals surface area contributed by atoms with E-state index in [9.17, 15) is 27.9 Å². The van der Waals surface area contributed by atoms with Crippen molar-refractivity contribution in [2.24, 2.45) is 0 Å². The Labute approximate surface area is 165 Å². The van der Waals surface area contributed by atoms with Gasteiger partial charge in [-0.25, -0.2) is 0 Å². The molecule has 0 bridgehead atoms. The van der Waals surface area contributed by atoms with Gasteiger partial charge in [0.05, 0.1) is 5.60 Å². The van der Waals surface area contributed by atoms with E-state index in [1.165, 1.54) is 12.1 Å². The van der Waals surface area contributed by atoms with Gasteiger partial charge in [0, 0.05) is 12.2 Å². The molecular formula is C20H21F3N2O4. The van der Waals surface area contributed by atoms with E-state index in [1.807, 2.05) is 30.3 Å². The largest absolute Gasteiger partial charge is 0.573 e. The van der Waals surface area contributed by atoms with Crippen molar-refractivity contribution < 1.29 is 32.6 Å². The summed E-state index contributed by atoms with van der Waals surface area (Å²) < 4.78 is 40.1. The van der Waals surface area contributed by atoms with Gasteiger partial charge in [-0.15, -0.1) is 13.2 Å². The molecule has 6 nitrogen and oxygen atoms in total. The highest BCUT2D eigenvalue weighted by Crippen LogP contribution is 2.23. The quantitative estimate of drug-likeness (QED) is 0.613. The lowest BCUT2D eigenvalue weighted by atomic mass is 9.97. The van der Waals surface area contributed by atoms with E-state index in [1.54, 1.807) is 6.92 Å². The van der Waals surface area contributed by atoms with Crippen LogP contribution >= 0.6 is 0 Å². The second kappa shape index (κ2) is 9.42. The van der Waals surface area contributed by atoms with Crippen LogP contribution < -0.4 is 15.4 Å². The highest BCUT2D eigenvalue weighted by molar-refractivity contribution is 6.39. The molecule has 0 aliphatic rings. The number of aryl methyl sites for hydroxylation is 1. The first-order chi connectivity index (χ1) is 13.5. The normalized spacial score (nSPS) is 13.3. The molecule has 0 saturated heterocycles. The van der Waals surface area contributed by atoms with E-state index in [-0.39, 0.29) is 12.2 Å². The van der Waals surface area contributed by atoms with E-state index >= 15 is 0 Å². The Hall–Kier alpha value is -3.07. The zero-order valence-corrected chi connectivity index (χ0v) is 15.6. The smallest absolute Gasteiger partial charge is 0.406 e. The third-order valence-corrected chi connectivity index (χ3v) is 3.98. The number of nitrogens with one attached hydrogen (secondary N) is 2. The minimum Gasteiger partial charge on any atom is -0.406 e. The van der Waals surface area contributed by atoms with Crippen LogP contribution in [0.5, 0.6) is 5.75 Å². The summed E-state index contributed by atoms with van der Waals surface area (Å²) in [5, 5.41) is 15.0. The van der Waals surface area contributed by atoms with Crippen LogP contribution in [-0.4, -0.2) is 35.4 Å². The molecular weight excluding hydrogens is 389 g/mol. The fraction of sp³-hybridized carbons (Fsp3) is 0.300. The van der Waals surface area contributed by atoms with Gasteiger partial charge in [-0.3, -0.25) is 9.59 Å². The number of rotatable bonds is 7. The van der Waals surface area contributed by atoms with Gasteiger partial charge in [-0.2, -0.15) is 0 Å². The number of carbonyl (C=O) groups is 2. The van der Waals surface area contributed by atoms with E-state index in [0.29, 0.717) is 12.8 Å². The first-order valence-corrected chi connectivity index (χ1v) is 8.75. The Balaban J connectivity index is 1.80. The molecule has 0 spiro atoms. The van der Waals surface area contributed by atoms with Crippen molar-refractivity contribution in [2.45, 2.75) is 31.7 Å². The molecule has 2 amide bonds. The molecule has 0 aromatic heterocycles. The summed E-state index contributed by atoms with van der Waals surface area (Å²) in [6, 6.07) is 13.9. The van der Waals surface area contributed by atoms with Crippen molar-refractivity contribution in [1.82, 2.24) is 5.32 Å². The van der Waals surface area contributed by atoms with Crippen molar-refractivity contribution in [3.63, 3.8) is 0 Å². The number of amides is 2. The van der Waals surface area contributed by atoms with Crippen LogP contribution in [0.1, 0.15) is 18.9 Å². The van der Waals surface area contributed by atoms with Crippen LogP contribution in [0.15, 0.2) is 54.6 Å². The second-order valence-corrected chi connectivity index (χ2v) is 6.69. The topological polar surface area (TPSA) is 87.7 Å². The van der Waals surface area contributed by atoms with Crippen molar-refractivity contribution in [3.05, 3.63) is 60.2 Å².